The van der Waals surface area contributed by atoms with Gasteiger partial charge in [-0.2, -0.15) is 0 Å². The minimum absolute atomic E-state index is 0.0614. The number of carboxylic acid groups (broad SMARTS) is 1. The molecule has 8 nitrogen and oxygen atoms in total. The van der Waals surface area contributed by atoms with Gasteiger partial charge in [-0.25, -0.2) is 4.79 Å². The van der Waals surface area contributed by atoms with Crippen LogP contribution in [0.2, 0.25) is 0 Å². The molecule has 0 spiro atoms. The number of hydrogen-bond acceptors (Lipinski definition) is 5. The van der Waals surface area contributed by atoms with Gasteiger partial charge in [-0.15, -0.1) is 0 Å². The van der Waals surface area contributed by atoms with Gasteiger partial charge in [0.1, 0.15) is 12.6 Å². The average Bonchev–Trinajstić information content (AvgIpc) is 3.35. The fourth-order valence-corrected chi connectivity index (χ4v) is 4.91. The Labute approximate surface area is 192 Å². The summed E-state index contributed by atoms with van der Waals surface area (Å²) in [4.78, 5) is 38.5. The molecule has 33 heavy (non-hydrogen) atoms. The third-order valence-corrected chi connectivity index (χ3v) is 6.67. The van der Waals surface area contributed by atoms with Crippen molar-refractivity contribution >= 4 is 18.0 Å². The third kappa shape index (κ3) is 4.43. The number of aliphatic hydroxyl groups is 1. The van der Waals surface area contributed by atoms with Crippen molar-refractivity contribution in [3.8, 4) is 11.1 Å². The van der Waals surface area contributed by atoms with E-state index in [4.69, 9.17) is 4.74 Å². The van der Waals surface area contributed by atoms with E-state index in [9.17, 15) is 24.6 Å². The number of fused-ring (bicyclic) bond motifs is 3. The molecule has 1 fully saturated rings. The van der Waals surface area contributed by atoms with Crippen LogP contribution in [0, 0.1) is 0 Å². The summed E-state index contributed by atoms with van der Waals surface area (Å²) in [5.74, 6) is -1.88. The van der Waals surface area contributed by atoms with Crippen molar-refractivity contribution in [1.29, 1.82) is 0 Å². The van der Waals surface area contributed by atoms with E-state index >= 15 is 0 Å². The number of carbonyl (C=O) groups is 3. The van der Waals surface area contributed by atoms with Gasteiger partial charge in [0.25, 0.3) is 0 Å². The fourth-order valence-electron chi connectivity index (χ4n) is 4.91. The van der Waals surface area contributed by atoms with Crippen LogP contribution in [0.5, 0.6) is 0 Å². The first-order valence-corrected chi connectivity index (χ1v) is 11.1. The first-order chi connectivity index (χ1) is 15.8. The number of nitrogens with one attached hydrogen (secondary N) is 1. The molecule has 1 aliphatic carbocycles. The Kier molecular flexibility index (Phi) is 6.37. The highest BCUT2D eigenvalue weighted by atomic mass is 16.5. The van der Waals surface area contributed by atoms with Gasteiger partial charge in [-0.3, -0.25) is 9.59 Å². The summed E-state index contributed by atoms with van der Waals surface area (Å²) < 4.78 is 5.48. The van der Waals surface area contributed by atoms with Crippen LogP contribution in [-0.4, -0.2) is 64.4 Å². The predicted octanol–water partition coefficient (Wildman–Crippen LogP) is 2.74. The zero-order chi connectivity index (χ0) is 23.6. The van der Waals surface area contributed by atoms with Crippen LogP contribution in [-0.2, 0) is 14.3 Å². The van der Waals surface area contributed by atoms with Gasteiger partial charge in [-0.1, -0.05) is 48.5 Å². The molecule has 1 aliphatic heterocycles. The lowest BCUT2D eigenvalue weighted by Crippen LogP contribution is -2.56. The molecule has 4 rings (SSSR count). The molecule has 3 N–H and O–H groups in total. The molecule has 2 aromatic rings. The topological polar surface area (TPSA) is 116 Å². The first-order valence-electron chi connectivity index (χ1n) is 11.1. The van der Waals surface area contributed by atoms with Crippen LogP contribution >= 0.6 is 0 Å². The van der Waals surface area contributed by atoms with Gasteiger partial charge in [0.05, 0.1) is 18.6 Å². The Morgan fingerprint density at radius 2 is 1.73 bits per heavy atom. The first kappa shape index (κ1) is 22.8. The number of alkyl carbamates (subject to hydrolysis) is 1. The minimum atomic E-state index is -1.28. The highest BCUT2D eigenvalue weighted by molar-refractivity contribution is 5.90. The van der Waals surface area contributed by atoms with Crippen LogP contribution in [0.1, 0.15) is 43.2 Å². The fraction of sp³-hybridized carbons (Fsp3) is 0.400. The van der Waals surface area contributed by atoms with E-state index in [0.717, 1.165) is 22.3 Å². The van der Waals surface area contributed by atoms with Crippen LogP contribution in [0.4, 0.5) is 4.79 Å². The summed E-state index contributed by atoms with van der Waals surface area (Å²) in [5, 5.41) is 21.5. The van der Waals surface area contributed by atoms with Gasteiger partial charge in [0, 0.05) is 12.5 Å². The molecule has 0 aromatic heterocycles. The number of nitrogens with zero attached hydrogens (tertiary/aromatic N) is 1. The highest BCUT2D eigenvalue weighted by Crippen LogP contribution is 2.44. The number of aliphatic hydroxyl groups excluding tert-OH is 1. The van der Waals surface area contributed by atoms with Gasteiger partial charge < -0.3 is 25.2 Å². The number of aliphatic carboxylic acids is 1. The Hall–Kier alpha value is -3.39. The van der Waals surface area contributed by atoms with Gasteiger partial charge in [0.2, 0.25) is 5.91 Å². The van der Waals surface area contributed by atoms with E-state index < -0.39 is 36.0 Å². The number of carboxylic acids is 1. The van der Waals surface area contributed by atoms with Gasteiger partial charge in [0.15, 0.2) is 0 Å². The molecule has 1 saturated heterocycles. The smallest absolute Gasteiger partial charge is 0.407 e. The van der Waals surface area contributed by atoms with E-state index in [2.05, 4.69) is 5.32 Å². The lowest BCUT2D eigenvalue weighted by Gasteiger charge is -2.35. The van der Waals surface area contributed by atoms with Crippen LogP contribution in [0.3, 0.4) is 0 Å². The molecule has 8 heteroatoms. The average molecular weight is 453 g/mol. The molecule has 0 bridgehead atoms. The van der Waals surface area contributed by atoms with Gasteiger partial charge in [-0.05, 0) is 42.0 Å². The number of amides is 2. The van der Waals surface area contributed by atoms with Crippen molar-refractivity contribution in [3.05, 3.63) is 59.7 Å². The number of likely N-dealkylation sites (tertiary alicyclic amines) is 1. The van der Waals surface area contributed by atoms with E-state index in [1.54, 1.807) is 6.92 Å². The molecule has 174 valence electrons. The molecule has 1 heterocycles. The number of ether oxygens (including phenoxy) is 1. The molecule has 2 atom stereocenters. The second kappa shape index (κ2) is 9.23. The van der Waals surface area contributed by atoms with Crippen molar-refractivity contribution < 1.29 is 29.3 Å². The summed E-state index contributed by atoms with van der Waals surface area (Å²) in [6, 6.07) is 14.6. The molecular formula is C25H28N2O6. The Morgan fingerprint density at radius 3 is 2.30 bits per heavy atom. The van der Waals surface area contributed by atoms with Gasteiger partial charge >= 0.3 is 12.1 Å². The van der Waals surface area contributed by atoms with E-state index in [0.29, 0.717) is 19.4 Å². The summed E-state index contributed by atoms with van der Waals surface area (Å²) in [6.07, 6.45) is -0.101. The van der Waals surface area contributed by atoms with Crippen LogP contribution in [0.15, 0.2) is 48.5 Å². The second-order valence-corrected chi connectivity index (χ2v) is 8.87. The van der Waals surface area contributed by atoms with Crippen molar-refractivity contribution in [2.75, 3.05) is 19.8 Å². The lowest BCUT2D eigenvalue weighted by atomic mass is 9.98. The molecule has 2 amide bonds. The number of carbonyl (C=O) groups excluding carboxylic acids is 2. The third-order valence-electron chi connectivity index (χ3n) is 6.67. The Morgan fingerprint density at radius 1 is 1.12 bits per heavy atom. The second-order valence-electron chi connectivity index (χ2n) is 8.87. The maximum atomic E-state index is 13.1. The minimum Gasteiger partial charge on any atom is -0.481 e. The maximum absolute atomic E-state index is 13.1. The standard InChI is InChI=1S/C25H28N2O6/c1-25(15-28)11-6-12-27(25)23(31)21(13-22(29)30)26-24(32)33-14-20-18-9-4-2-7-16(18)17-8-3-5-10-19(17)20/h2-5,7-10,20-21,28H,6,11-15H2,1H3,(H,26,32)(H,29,30). The molecule has 0 saturated carbocycles. The Bertz CT molecular complexity index is 1020. The monoisotopic (exact) mass is 452 g/mol. The van der Waals surface area contributed by atoms with Crippen molar-refractivity contribution in [3.63, 3.8) is 0 Å². The molecule has 2 aliphatic rings. The summed E-state index contributed by atoms with van der Waals surface area (Å²) in [5.41, 5.74) is 3.54. The SMILES string of the molecule is CC1(CO)CCCN1C(=O)C(CC(=O)O)NC(=O)OCC1c2ccccc2-c2ccccc21. The predicted molar refractivity (Wildman–Crippen MR) is 121 cm³/mol. The largest absolute Gasteiger partial charge is 0.481 e. The summed E-state index contributed by atoms with van der Waals surface area (Å²) >= 11 is 0. The zero-order valence-electron chi connectivity index (χ0n) is 18.5. The quantitative estimate of drug-likeness (QED) is 0.595. The van der Waals surface area contributed by atoms with E-state index in [-0.39, 0.29) is 19.1 Å². The molecule has 2 aromatic carbocycles. The summed E-state index contributed by atoms with van der Waals surface area (Å²) in [6.45, 7) is 1.98. The van der Waals surface area contributed by atoms with Crippen LogP contribution in [0.25, 0.3) is 11.1 Å². The Balaban J connectivity index is 1.45. The number of hydrogen-bond donors (Lipinski definition) is 3. The summed E-state index contributed by atoms with van der Waals surface area (Å²) in [7, 11) is 0. The normalized spacial score (nSPS) is 20.1. The molecule has 2 unspecified atom stereocenters. The van der Waals surface area contributed by atoms with Crippen molar-refractivity contribution in [2.45, 2.75) is 43.7 Å². The molecular weight excluding hydrogens is 424 g/mol. The number of rotatable bonds is 7. The van der Waals surface area contributed by atoms with E-state index in [1.807, 2.05) is 48.5 Å². The van der Waals surface area contributed by atoms with Crippen molar-refractivity contribution in [1.82, 2.24) is 10.2 Å². The number of benzene rings is 2. The van der Waals surface area contributed by atoms with Crippen molar-refractivity contribution in [2.24, 2.45) is 0 Å². The molecule has 0 radical (unpaired) electrons. The highest BCUT2D eigenvalue weighted by Gasteiger charge is 2.42. The zero-order valence-corrected chi connectivity index (χ0v) is 18.5. The van der Waals surface area contributed by atoms with E-state index in [1.165, 1.54) is 4.90 Å². The maximum Gasteiger partial charge on any atom is 0.407 e. The van der Waals surface area contributed by atoms with Crippen LogP contribution < -0.4 is 5.32 Å². The lowest BCUT2D eigenvalue weighted by molar-refractivity contribution is -0.145.